The van der Waals surface area contributed by atoms with Gasteiger partial charge in [0.2, 0.25) is 0 Å². The van der Waals surface area contributed by atoms with E-state index in [2.05, 4.69) is 151 Å². The van der Waals surface area contributed by atoms with E-state index in [-0.39, 0.29) is 17.1 Å². The Morgan fingerprint density at radius 2 is 1.18 bits per heavy atom. The summed E-state index contributed by atoms with van der Waals surface area (Å²) in [5.74, 6) is 0. The molecule has 5 rings (SSSR count). The summed E-state index contributed by atoms with van der Waals surface area (Å²) in [4.78, 5) is 6.77. The number of benzene rings is 2. The summed E-state index contributed by atoms with van der Waals surface area (Å²) in [7, 11) is 0. The van der Waals surface area contributed by atoms with Crippen LogP contribution in [0.4, 0.5) is 11.4 Å². The summed E-state index contributed by atoms with van der Waals surface area (Å²) in [6.45, 7) is 32.2. The minimum Gasteiger partial charge on any atom is -0.663 e. The zero-order chi connectivity index (χ0) is 36.0. The molecule has 6 nitrogen and oxygen atoms in total. The van der Waals surface area contributed by atoms with Crippen molar-refractivity contribution in [1.29, 1.82) is 0 Å². The minimum absolute atomic E-state index is 0. The summed E-state index contributed by atoms with van der Waals surface area (Å²) in [5, 5.41) is 12.3. The van der Waals surface area contributed by atoms with Crippen LogP contribution in [0.15, 0.2) is 119 Å². The Bertz CT molecular complexity index is 1780. The van der Waals surface area contributed by atoms with Crippen molar-refractivity contribution in [2.24, 2.45) is 0 Å². The molecule has 0 fully saturated rings. The van der Waals surface area contributed by atoms with E-state index in [1.54, 1.807) is 0 Å². The molecule has 50 heavy (non-hydrogen) atoms. The topological polar surface area (TPSA) is 50.0 Å². The maximum atomic E-state index is 4.49. The smallest absolute Gasteiger partial charge is 0.663 e. The number of allylic oxidation sites excluding steroid dienone is 12. The molecule has 7 heteroatoms. The zero-order valence-electron chi connectivity index (χ0n) is 32.2. The Morgan fingerprint density at radius 1 is 0.680 bits per heavy atom. The third-order valence-electron chi connectivity index (χ3n) is 9.17. The van der Waals surface area contributed by atoms with Crippen LogP contribution < -0.4 is 15.1 Å². The minimum atomic E-state index is 0. The first-order valence-corrected chi connectivity index (χ1v) is 17.0. The quantitative estimate of drug-likeness (QED) is 0.230. The Morgan fingerprint density at radius 3 is 1.66 bits per heavy atom. The van der Waals surface area contributed by atoms with Crippen LogP contribution in [0.25, 0.3) is 10.6 Å². The van der Waals surface area contributed by atoms with Gasteiger partial charge >= 0.3 is 17.1 Å². The average molecular weight is 711 g/mol. The third-order valence-corrected chi connectivity index (χ3v) is 9.17. The summed E-state index contributed by atoms with van der Waals surface area (Å²) in [6, 6.07) is 8.96. The second-order valence-corrected chi connectivity index (χ2v) is 13.4. The fourth-order valence-corrected chi connectivity index (χ4v) is 6.40. The molecule has 2 aromatic rings. The summed E-state index contributed by atoms with van der Waals surface area (Å²) in [5.41, 5.74) is 19.3. The first-order valence-electron chi connectivity index (χ1n) is 17.0. The third kappa shape index (κ3) is 9.26. The van der Waals surface area contributed by atoms with Gasteiger partial charge in [-0.15, -0.1) is 18.1 Å². The molecule has 1 N–H and O–H groups in total. The molecule has 2 aromatic carbocycles. The van der Waals surface area contributed by atoms with Gasteiger partial charge in [-0.05, 0) is 129 Å². The molecule has 0 aliphatic carbocycles. The molecule has 3 heterocycles. The van der Waals surface area contributed by atoms with E-state index in [1.807, 2.05) is 56.4 Å². The predicted octanol–water partition coefficient (Wildman–Crippen LogP) is 11.9. The standard InChI is InChI=1S/C22H29N3.C21H25N3.Fe/c1-15(2)20(7)25(22-17(4)12-16(3)13-18(22)5)14-24-19(6)21-10-8-9-11-23-21;1-14-11-15(2)21(16(3)12-14)24-13-23(17(4)18(24)5)19(6)20-9-7-8-10-22-20;/h8-14,24H,1-7H3;7-13H,1-6H3;/q2*-2;+4/b21-19-;20-19-;. The number of anilines is 2. The summed E-state index contributed by atoms with van der Waals surface area (Å²) in [6.07, 6.45) is 15.6. The fraction of sp³-hybridized carbons (Fsp3) is 0.302. The van der Waals surface area contributed by atoms with Gasteiger partial charge < -0.3 is 30.7 Å². The van der Waals surface area contributed by atoms with E-state index in [9.17, 15) is 0 Å². The predicted molar refractivity (Wildman–Crippen MR) is 211 cm³/mol. The zero-order valence-corrected chi connectivity index (χ0v) is 33.3. The molecule has 0 amide bonds. The molecule has 0 saturated heterocycles. The van der Waals surface area contributed by atoms with Gasteiger partial charge in [0, 0.05) is 22.8 Å². The van der Waals surface area contributed by atoms with E-state index < -0.39 is 0 Å². The van der Waals surface area contributed by atoms with E-state index in [0.717, 1.165) is 22.8 Å². The molecule has 0 spiro atoms. The SMILES string of the molecule is CC(C)=C(C)N([CH-]N/C(C)=C1/C=CC=C[N-]1)c1c(C)cc(C)cc1C.CC1=C(C)N(c2c(C)cc(C)cc2C)[CH-]N1/C(C)=C1/C=CC=C[N-]1.[Fe+4]. The second kappa shape index (κ2) is 17.6. The monoisotopic (exact) mass is 710 g/mol. The van der Waals surface area contributed by atoms with Gasteiger partial charge in [0.25, 0.3) is 0 Å². The maximum Gasteiger partial charge on any atom is 4.00 e. The second-order valence-electron chi connectivity index (χ2n) is 13.4. The number of aryl methyl sites for hydroxylation is 6. The van der Waals surface area contributed by atoms with Crippen LogP contribution in [0.3, 0.4) is 0 Å². The van der Waals surface area contributed by atoms with Crippen LogP contribution in [0.5, 0.6) is 0 Å². The molecule has 3 aliphatic heterocycles. The van der Waals surface area contributed by atoms with Crippen molar-refractivity contribution >= 4 is 11.4 Å². The summed E-state index contributed by atoms with van der Waals surface area (Å²) < 4.78 is 0. The Kier molecular flexibility index (Phi) is 14.1. The number of rotatable bonds is 7. The molecule has 0 saturated carbocycles. The van der Waals surface area contributed by atoms with Crippen LogP contribution in [0, 0.1) is 54.9 Å². The van der Waals surface area contributed by atoms with Crippen LogP contribution in [0.2, 0.25) is 0 Å². The van der Waals surface area contributed by atoms with Crippen LogP contribution in [-0.4, -0.2) is 4.90 Å². The number of nitrogens with zero attached hydrogens (tertiary/aromatic N) is 5. The van der Waals surface area contributed by atoms with Crippen molar-refractivity contribution in [3.05, 3.63) is 176 Å². The van der Waals surface area contributed by atoms with Crippen molar-refractivity contribution < 1.29 is 17.1 Å². The molecule has 0 bridgehead atoms. The van der Waals surface area contributed by atoms with Crippen LogP contribution in [-0.2, 0) is 17.1 Å². The van der Waals surface area contributed by atoms with Gasteiger partial charge in [0.15, 0.2) is 0 Å². The van der Waals surface area contributed by atoms with E-state index in [0.29, 0.717) is 0 Å². The van der Waals surface area contributed by atoms with Crippen molar-refractivity contribution in [3.8, 4) is 0 Å². The molecule has 0 atom stereocenters. The van der Waals surface area contributed by atoms with Crippen molar-refractivity contribution in [2.45, 2.75) is 90.0 Å². The van der Waals surface area contributed by atoms with Crippen molar-refractivity contribution in [2.75, 3.05) is 9.80 Å². The molecule has 0 unspecified atom stereocenters. The van der Waals surface area contributed by atoms with E-state index >= 15 is 0 Å². The van der Waals surface area contributed by atoms with Gasteiger partial charge in [0.05, 0.1) is 0 Å². The van der Waals surface area contributed by atoms with Crippen molar-refractivity contribution in [3.63, 3.8) is 0 Å². The summed E-state index contributed by atoms with van der Waals surface area (Å²) >= 11 is 0. The molecule has 0 aromatic heterocycles. The van der Waals surface area contributed by atoms with Gasteiger partial charge in [0.1, 0.15) is 0 Å². The van der Waals surface area contributed by atoms with Gasteiger partial charge in [-0.3, -0.25) is 0 Å². The molecular formula is C43H54FeN6. The Hall–Kier alpha value is -4.32. The van der Waals surface area contributed by atoms with E-state index in [1.165, 1.54) is 67.4 Å². The average Bonchev–Trinajstić information content (AvgIpc) is 3.35. The Balaban J connectivity index is 0.000000265. The first-order chi connectivity index (χ1) is 23.2. The van der Waals surface area contributed by atoms with Crippen LogP contribution >= 0.6 is 0 Å². The van der Waals surface area contributed by atoms with E-state index in [4.69, 9.17) is 0 Å². The number of nitrogens with one attached hydrogen (secondary N) is 1. The number of hydrogen-bond acceptors (Lipinski definition) is 4. The molecular weight excluding hydrogens is 656 g/mol. The molecule has 0 radical (unpaired) electrons. The normalized spacial score (nSPS) is 16.7. The first kappa shape index (κ1) is 40.1. The molecule has 3 aliphatic rings. The van der Waals surface area contributed by atoms with Crippen molar-refractivity contribution in [1.82, 2.24) is 10.2 Å². The Labute approximate surface area is 313 Å². The maximum absolute atomic E-state index is 4.49. The van der Waals surface area contributed by atoms with Crippen LogP contribution in [0.1, 0.15) is 81.8 Å². The molecule has 264 valence electrons. The van der Waals surface area contributed by atoms with Gasteiger partial charge in [-0.1, -0.05) is 77.4 Å². The van der Waals surface area contributed by atoms with Gasteiger partial charge in [-0.2, -0.15) is 19.1 Å². The fourth-order valence-electron chi connectivity index (χ4n) is 6.40. The number of hydrogen-bond donors (Lipinski definition) is 1. The largest absolute Gasteiger partial charge is 4.00 e. The van der Waals surface area contributed by atoms with Gasteiger partial charge in [-0.25, -0.2) is 0 Å².